The van der Waals surface area contributed by atoms with E-state index in [2.05, 4.69) is 5.32 Å². The molecule has 5 atom stereocenters. The molecule has 9 nitrogen and oxygen atoms in total. The first-order chi connectivity index (χ1) is 14.7. The van der Waals surface area contributed by atoms with Gasteiger partial charge in [-0.3, -0.25) is 19.2 Å². The van der Waals surface area contributed by atoms with Gasteiger partial charge in [-0.15, -0.1) is 0 Å². The molecular weight excluding hydrogens is 406 g/mol. The molecule has 1 aromatic carbocycles. The van der Waals surface area contributed by atoms with E-state index in [0.29, 0.717) is 6.54 Å². The van der Waals surface area contributed by atoms with Gasteiger partial charge in [-0.1, -0.05) is 30.3 Å². The molecule has 0 aliphatic carbocycles. The topological polar surface area (TPSA) is 117 Å². The Bertz CT molecular complexity index is 781. The van der Waals surface area contributed by atoms with E-state index in [4.69, 9.17) is 18.9 Å². The Morgan fingerprint density at radius 1 is 0.871 bits per heavy atom. The fourth-order valence-corrected chi connectivity index (χ4v) is 3.55. The number of hydrogen-bond donors (Lipinski definition) is 1. The molecule has 0 amide bonds. The molecule has 31 heavy (non-hydrogen) atoms. The molecule has 0 unspecified atom stereocenters. The van der Waals surface area contributed by atoms with Crippen molar-refractivity contribution in [3.05, 3.63) is 35.9 Å². The van der Waals surface area contributed by atoms with E-state index in [9.17, 15) is 19.2 Å². The Hall–Kier alpha value is -2.78. The number of carbonyl (C=O) groups is 4. The summed E-state index contributed by atoms with van der Waals surface area (Å²) >= 11 is 0. The minimum Gasteiger partial charge on any atom is -0.463 e. The molecule has 0 radical (unpaired) electrons. The van der Waals surface area contributed by atoms with Crippen LogP contribution in [0.25, 0.3) is 0 Å². The van der Waals surface area contributed by atoms with Crippen LogP contribution in [0.15, 0.2) is 30.3 Å². The van der Waals surface area contributed by atoms with Crippen LogP contribution in [0.1, 0.15) is 39.7 Å². The molecule has 1 aliphatic heterocycles. The largest absolute Gasteiger partial charge is 0.463 e. The minimum absolute atomic E-state index is 0.0353. The van der Waals surface area contributed by atoms with E-state index in [1.54, 1.807) is 0 Å². The number of rotatable bonds is 9. The zero-order valence-electron chi connectivity index (χ0n) is 18.2. The smallest absolute Gasteiger partial charge is 0.303 e. The number of hydrogen-bond acceptors (Lipinski definition) is 9. The van der Waals surface area contributed by atoms with Crippen molar-refractivity contribution in [3.8, 4) is 0 Å². The van der Waals surface area contributed by atoms with Crippen molar-refractivity contribution in [1.29, 1.82) is 0 Å². The monoisotopic (exact) mass is 435 g/mol. The maximum absolute atomic E-state index is 11.9. The van der Waals surface area contributed by atoms with E-state index < -0.39 is 48.4 Å². The minimum atomic E-state index is -1.03. The Balaban J connectivity index is 2.36. The summed E-state index contributed by atoms with van der Waals surface area (Å²) < 4.78 is 22.1. The van der Waals surface area contributed by atoms with Crippen LogP contribution in [-0.2, 0) is 44.7 Å². The average Bonchev–Trinajstić information content (AvgIpc) is 2.67. The van der Waals surface area contributed by atoms with E-state index in [-0.39, 0.29) is 18.8 Å². The highest BCUT2D eigenvalue weighted by atomic mass is 16.6. The van der Waals surface area contributed by atoms with Gasteiger partial charge in [0.15, 0.2) is 12.2 Å². The van der Waals surface area contributed by atoms with Crippen LogP contribution in [0, 0.1) is 0 Å². The van der Waals surface area contributed by atoms with Gasteiger partial charge in [0.2, 0.25) is 0 Å². The van der Waals surface area contributed by atoms with Gasteiger partial charge in [0.05, 0.1) is 12.1 Å². The summed E-state index contributed by atoms with van der Waals surface area (Å²) in [5.74, 6) is -1.86. The molecular formula is C22H29NO8. The summed E-state index contributed by atoms with van der Waals surface area (Å²) in [6, 6.07) is 8.87. The van der Waals surface area contributed by atoms with Gasteiger partial charge < -0.3 is 24.3 Å². The van der Waals surface area contributed by atoms with Crippen LogP contribution in [0.5, 0.6) is 0 Å². The van der Waals surface area contributed by atoms with Crippen molar-refractivity contribution in [2.45, 2.75) is 71.1 Å². The molecule has 0 spiro atoms. The van der Waals surface area contributed by atoms with Gasteiger partial charge in [0, 0.05) is 33.7 Å². The van der Waals surface area contributed by atoms with Crippen LogP contribution in [0.4, 0.5) is 0 Å². The van der Waals surface area contributed by atoms with Crippen molar-refractivity contribution in [2.75, 3.05) is 6.61 Å². The Labute approximate surface area is 181 Å². The lowest BCUT2D eigenvalue weighted by molar-refractivity contribution is -0.224. The molecule has 0 aromatic heterocycles. The molecule has 1 aliphatic rings. The summed E-state index contributed by atoms with van der Waals surface area (Å²) in [6.45, 7) is 5.33. The second-order valence-electron chi connectivity index (χ2n) is 7.46. The van der Waals surface area contributed by atoms with Gasteiger partial charge in [-0.05, 0) is 12.5 Å². The van der Waals surface area contributed by atoms with Crippen molar-refractivity contribution >= 4 is 23.7 Å². The van der Waals surface area contributed by atoms with Crippen molar-refractivity contribution < 1.29 is 38.1 Å². The number of ketones is 1. The van der Waals surface area contributed by atoms with Crippen molar-refractivity contribution in [3.63, 3.8) is 0 Å². The van der Waals surface area contributed by atoms with Gasteiger partial charge in [-0.25, -0.2) is 0 Å². The standard InChI is InChI=1S/C22H29NO8/c1-13(24)10-18-20(23-11-17-8-6-5-7-9-17)22(30-16(4)27)21(29-15(3)26)19(31-18)12-28-14(2)25/h5-9,18-23H,10-12H2,1-4H3/t18-,19+,20-,21+,22+/m0/s1. The Morgan fingerprint density at radius 2 is 1.48 bits per heavy atom. The summed E-state index contributed by atoms with van der Waals surface area (Å²) in [6.07, 6.45) is -3.55. The lowest BCUT2D eigenvalue weighted by atomic mass is 9.89. The van der Waals surface area contributed by atoms with Crippen LogP contribution >= 0.6 is 0 Å². The first-order valence-electron chi connectivity index (χ1n) is 10.1. The van der Waals surface area contributed by atoms with E-state index >= 15 is 0 Å². The molecule has 170 valence electrons. The van der Waals surface area contributed by atoms with E-state index in [1.165, 1.54) is 27.7 Å². The van der Waals surface area contributed by atoms with Gasteiger partial charge in [0.25, 0.3) is 0 Å². The number of benzene rings is 1. The SMILES string of the molecule is CC(=O)C[C@@H]1O[C@H](COC(C)=O)[C@@H](OC(C)=O)[C@H](OC(C)=O)[C@H]1NCc1ccccc1. The fourth-order valence-electron chi connectivity index (χ4n) is 3.55. The van der Waals surface area contributed by atoms with Crippen molar-refractivity contribution in [1.82, 2.24) is 5.32 Å². The third-order valence-corrected chi connectivity index (χ3v) is 4.72. The maximum atomic E-state index is 11.9. The average molecular weight is 435 g/mol. The molecule has 0 saturated carbocycles. The molecule has 1 N–H and O–H groups in total. The third-order valence-electron chi connectivity index (χ3n) is 4.72. The quantitative estimate of drug-likeness (QED) is 0.453. The van der Waals surface area contributed by atoms with E-state index in [1.807, 2.05) is 30.3 Å². The predicted molar refractivity (Wildman–Crippen MR) is 109 cm³/mol. The molecule has 9 heteroatoms. The molecule has 1 heterocycles. The molecule has 1 aromatic rings. The molecule has 1 fully saturated rings. The number of nitrogens with one attached hydrogen (secondary N) is 1. The second-order valence-corrected chi connectivity index (χ2v) is 7.46. The second kappa shape index (κ2) is 11.6. The third kappa shape index (κ3) is 7.76. The maximum Gasteiger partial charge on any atom is 0.303 e. The number of esters is 3. The van der Waals surface area contributed by atoms with Crippen LogP contribution in [0.3, 0.4) is 0 Å². The van der Waals surface area contributed by atoms with Crippen LogP contribution in [0.2, 0.25) is 0 Å². The summed E-state index contributed by atoms with van der Waals surface area (Å²) in [4.78, 5) is 46.9. The first-order valence-corrected chi connectivity index (χ1v) is 10.1. The van der Waals surface area contributed by atoms with Gasteiger partial charge >= 0.3 is 17.9 Å². The first kappa shape index (κ1) is 24.5. The lowest BCUT2D eigenvalue weighted by Crippen LogP contribution is -2.65. The summed E-state index contributed by atoms with van der Waals surface area (Å²) in [5.41, 5.74) is 0.969. The van der Waals surface area contributed by atoms with Crippen molar-refractivity contribution in [2.24, 2.45) is 0 Å². The summed E-state index contributed by atoms with van der Waals surface area (Å²) in [5, 5.41) is 3.28. The normalized spacial score (nSPS) is 25.4. The highest BCUT2D eigenvalue weighted by Crippen LogP contribution is 2.29. The Kier molecular flexibility index (Phi) is 9.14. The Morgan fingerprint density at radius 3 is 2.03 bits per heavy atom. The highest BCUT2D eigenvalue weighted by molar-refractivity contribution is 5.76. The summed E-state index contributed by atoms with van der Waals surface area (Å²) in [7, 11) is 0. The zero-order valence-corrected chi connectivity index (χ0v) is 18.2. The van der Waals surface area contributed by atoms with Gasteiger partial charge in [0.1, 0.15) is 18.5 Å². The number of ether oxygens (including phenoxy) is 4. The fraction of sp³-hybridized carbons (Fsp3) is 0.545. The van der Waals surface area contributed by atoms with Crippen LogP contribution < -0.4 is 5.32 Å². The lowest BCUT2D eigenvalue weighted by Gasteiger charge is -2.45. The number of carbonyl (C=O) groups excluding carboxylic acids is 4. The molecule has 0 bridgehead atoms. The number of Topliss-reactive ketones (excluding diaryl/α,β-unsaturated/α-hetero) is 1. The van der Waals surface area contributed by atoms with Crippen LogP contribution in [-0.4, -0.2) is 60.8 Å². The molecule has 1 saturated heterocycles. The highest BCUT2D eigenvalue weighted by Gasteiger charge is 2.50. The zero-order chi connectivity index (χ0) is 23.0. The predicted octanol–water partition coefficient (Wildman–Crippen LogP) is 1.32. The molecule has 2 rings (SSSR count). The van der Waals surface area contributed by atoms with E-state index in [0.717, 1.165) is 5.56 Å². The van der Waals surface area contributed by atoms with Gasteiger partial charge in [-0.2, -0.15) is 0 Å².